The van der Waals surface area contributed by atoms with Gasteiger partial charge in [0.2, 0.25) is 5.91 Å². The summed E-state index contributed by atoms with van der Waals surface area (Å²) in [7, 11) is 0. The maximum atomic E-state index is 12.2. The van der Waals surface area contributed by atoms with Gasteiger partial charge < -0.3 is 21.1 Å². The number of pyridine rings is 1. The topological polar surface area (TPSA) is 106 Å². The van der Waals surface area contributed by atoms with Gasteiger partial charge in [-0.15, -0.1) is 11.3 Å². The van der Waals surface area contributed by atoms with Crippen LogP contribution in [0, 0.1) is 5.92 Å². The minimum absolute atomic E-state index is 0.231. The molecule has 28 heavy (non-hydrogen) atoms. The zero-order valence-electron chi connectivity index (χ0n) is 15.7. The first-order chi connectivity index (χ1) is 13.6. The van der Waals surface area contributed by atoms with Gasteiger partial charge in [-0.1, -0.05) is 6.07 Å². The minimum atomic E-state index is -0.382. The first kappa shape index (κ1) is 19.9. The van der Waals surface area contributed by atoms with Crippen LogP contribution in [-0.4, -0.2) is 30.1 Å². The second kappa shape index (κ2) is 9.36. The predicted molar refractivity (Wildman–Crippen MR) is 111 cm³/mol. The standard InChI is InChI=1S/C20H24N4O3S/c1-2-23-20(26)27-12-14-5-7-15-16(10-14)28-19(18(15)21)24-17(25)8-6-13-4-3-9-22-11-13/h3-4,6,8-9,11,14H,2,5,7,10,12,21H2,1H3,(H,23,26)(H,24,25)/b8-6+. The molecule has 1 aliphatic carbocycles. The molecule has 4 N–H and O–H groups in total. The molecule has 0 aromatic carbocycles. The van der Waals surface area contributed by atoms with E-state index >= 15 is 0 Å². The van der Waals surface area contributed by atoms with Gasteiger partial charge in [-0.05, 0) is 55.4 Å². The van der Waals surface area contributed by atoms with E-state index < -0.39 is 0 Å². The average molecular weight is 401 g/mol. The molecule has 0 radical (unpaired) electrons. The fourth-order valence-corrected chi connectivity index (χ4v) is 4.39. The molecule has 8 heteroatoms. The van der Waals surface area contributed by atoms with Crippen LogP contribution in [0.25, 0.3) is 6.08 Å². The molecular weight excluding hydrogens is 376 g/mol. The van der Waals surface area contributed by atoms with Gasteiger partial charge >= 0.3 is 6.09 Å². The zero-order valence-corrected chi connectivity index (χ0v) is 16.6. The smallest absolute Gasteiger partial charge is 0.407 e. The van der Waals surface area contributed by atoms with Crippen molar-refractivity contribution in [2.24, 2.45) is 5.92 Å². The van der Waals surface area contributed by atoms with Crippen LogP contribution >= 0.6 is 11.3 Å². The van der Waals surface area contributed by atoms with E-state index in [2.05, 4.69) is 15.6 Å². The number of fused-ring (bicyclic) bond motifs is 1. The molecule has 0 saturated carbocycles. The van der Waals surface area contributed by atoms with E-state index in [4.69, 9.17) is 10.5 Å². The molecule has 3 rings (SSSR count). The van der Waals surface area contributed by atoms with Crippen molar-refractivity contribution < 1.29 is 14.3 Å². The molecule has 2 heterocycles. The maximum Gasteiger partial charge on any atom is 0.407 e. The van der Waals surface area contributed by atoms with E-state index in [-0.39, 0.29) is 17.9 Å². The van der Waals surface area contributed by atoms with E-state index in [9.17, 15) is 9.59 Å². The number of rotatable bonds is 6. The van der Waals surface area contributed by atoms with E-state index in [0.29, 0.717) is 23.8 Å². The van der Waals surface area contributed by atoms with Crippen molar-refractivity contribution >= 4 is 40.1 Å². The molecule has 0 fully saturated rings. The van der Waals surface area contributed by atoms with E-state index in [1.165, 1.54) is 17.4 Å². The Hall–Kier alpha value is -2.87. The third-order valence-corrected chi connectivity index (χ3v) is 5.71. The number of alkyl carbamates (subject to hydrolysis) is 1. The summed E-state index contributed by atoms with van der Waals surface area (Å²) in [5.74, 6) is 0.0347. The van der Waals surface area contributed by atoms with Crippen LogP contribution in [0.4, 0.5) is 15.5 Å². The number of nitrogens with two attached hydrogens (primary N) is 1. The minimum Gasteiger partial charge on any atom is -0.449 e. The van der Waals surface area contributed by atoms with Crippen LogP contribution < -0.4 is 16.4 Å². The second-order valence-corrected chi connectivity index (χ2v) is 7.70. The number of hydrogen-bond donors (Lipinski definition) is 3. The Morgan fingerprint density at radius 3 is 3.07 bits per heavy atom. The lowest BCUT2D eigenvalue weighted by Crippen LogP contribution is -2.27. The number of thiophene rings is 1. The maximum absolute atomic E-state index is 12.2. The monoisotopic (exact) mass is 400 g/mol. The molecule has 1 atom stereocenters. The second-order valence-electron chi connectivity index (χ2n) is 6.59. The Labute approximate surface area is 168 Å². The molecule has 0 bridgehead atoms. The van der Waals surface area contributed by atoms with Gasteiger partial charge in [0.05, 0.1) is 12.3 Å². The molecule has 2 amide bonds. The summed E-state index contributed by atoms with van der Waals surface area (Å²) in [6.07, 6.45) is 8.69. The van der Waals surface area contributed by atoms with Gasteiger partial charge in [-0.3, -0.25) is 9.78 Å². The summed E-state index contributed by atoms with van der Waals surface area (Å²) >= 11 is 1.50. The Bertz CT molecular complexity index is 864. The highest BCUT2D eigenvalue weighted by atomic mass is 32.1. The Morgan fingerprint density at radius 2 is 2.32 bits per heavy atom. The number of anilines is 2. The van der Waals surface area contributed by atoms with Gasteiger partial charge in [0.1, 0.15) is 5.00 Å². The molecule has 148 valence electrons. The van der Waals surface area contributed by atoms with E-state index in [0.717, 1.165) is 35.3 Å². The summed E-state index contributed by atoms with van der Waals surface area (Å²) in [4.78, 5) is 28.9. The van der Waals surface area contributed by atoms with Gasteiger partial charge in [-0.2, -0.15) is 0 Å². The van der Waals surface area contributed by atoms with Crippen LogP contribution in [0.5, 0.6) is 0 Å². The van der Waals surface area contributed by atoms with Crippen molar-refractivity contribution in [3.8, 4) is 0 Å². The highest BCUT2D eigenvalue weighted by molar-refractivity contribution is 7.17. The quantitative estimate of drug-likeness (QED) is 0.646. The SMILES string of the molecule is CCNC(=O)OCC1CCc2c(sc(NC(=O)/C=C/c3cccnc3)c2N)C1. The number of carbonyl (C=O) groups is 2. The number of aromatic nitrogens is 1. The summed E-state index contributed by atoms with van der Waals surface area (Å²) in [5.41, 5.74) is 8.85. The number of ether oxygens (including phenoxy) is 1. The fourth-order valence-electron chi connectivity index (χ4n) is 3.10. The lowest BCUT2D eigenvalue weighted by molar-refractivity contribution is -0.111. The van der Waals surface area contributed by atoms with Crippen LogP contribution in [0.15, 0.2) is 30.6 Å². The molecule has 2 aromatic heterocycles. The van der Waals surface area contributed by atoms with Crippen molar-refractivity contribution in [2.45, 2.75) is 26.2 Å². The predicted octanol–water partition coefficient (Wildman–Crippen LogP) is 3.23. The van der Waals surface area contributed by atoms with Crippen LogP contribution in [0.1, 0.15) is 29.3 Å². The molecule has 0 saturated heterocycles. The largest absolute Gasteiger partial charge is 0.449 e. The highest BCUT2D eigenvalue weighted by Crippen LogP contribution is 2.41. The zero-order chi connectivity index (χ0) is 19.9. The summed E-state index contributed by atoms with van der Waals surface area (Å²) < 4.78 is 5.25. The van der Waals surface area contributed by atoms with Crippen LogP contribution in [-0.2, 0) is 22.4 Å². The normalized spacial score (nSPS) is 15.8. The third kappa shape index (κ3) is 5.10. The molecular formula is C20H24N4O3S. The van der Waals surface area contributed by atoms with Gasteiger partial charge in [-0.25, -0.2) is 4.79 Å². The van der Waals surface area contributed by atoms with Crippen molar-refractivity contribution in [1.29, 1.82) is 0 Å². The molecule has 0 spiro atoms. The summed E-state index contributed by atoms with van der Waals surface area (Å²) in [6, 6.07) is 3.69. The average Bonchev–Trinajstić information content (AvgIpc) is 3.00. The number of amides is 2. The number of carbonyl (C=O) groups excluding carboxylic acids is 2. The van der Waals surface area contributed by atoms with Crippen molar-refractivity contribution in [3.05, 3.63) is 46.6 Å². The Balaban J connectivity index is 1.59. The van der Waals surface area contributed by atoms with E-state index in [1.54, 1.807) is 18.5 Å². The number of hydrogen-bond acceptors (Lipinski definition) is 6. The molecule has 2 aromatic rings. The first-order valence-electron chi connectivity index (χ1n) is 9.26. The lowest BCUT2D eigenvalue weighted by Gasteiger charge is -2.22. The van der Waals surface area contributed by atoms with Crippen molar-refractivity contribution in [2.75, 3.05) is 24.2 Å². The van der Waals surface area contributed by atoms with Crippen LogP contribution in [0.2, 0.25) is 0 Å². The Kier molecular flexibility index (Phi) is 6.65. The number of nitrogens with one attached hydrogen (secondary N) is 2. The fraction of sp³-hybridized carbons (Fsp3) is 0.350. The third-order valence-electron chi connectivity index (χ3n) is 4.53. The Morgan fingerprint density at radius 1 is 1.46 bits per heavy atom. The number of nitrogen functional groups attached to an aromatic ring is 1. The molecule has 7 nitrogen and oxygen atoms in total. The van der Waals surface area contributed by atoms with Crippen molar-refractivity contribution in [1.82, 2.24) is 10.3 Å². The molecule has 1 aliphatic rings. The van der Waals surface area contributed by atoms with Gasteiger partial charge in [0.15, 0.2) is 0 Å². The summed E-state index contributed by atoms with van der Waals surface area (Å²) in [5, 5.41) is 6.17. The molecule has 1 unspecified atom stereocenters. The van der Waals surface area contributed by atoms with Gasteiger partial charge in [0, 0.05) is 29.9 Å². The van der Waals surface area contributed by atoms with Crippen LogP contribution in [0.3, 0.4) is 0 Å². The van der Waals surface area contributed by atoms with E-state index in [1.807, 2.05) is 19.1 Å². The highest BCUT2D eigenvalue weighted by Gasteiger charge is 2.26. The lowest BCUT2D eigenvalue weighted by atomic mass is 9.89. The summed E-state index contributed by atoms with van der Waals surface area (Å²) in [6.45, 7) is 2.79. The van der Waals surface area contributed by atoms with Crippen molar-refractivity contribution in [3.63, 3.8) is 0 Å². The van der Waals surface area contributed by atoms with Gasteiger partial charge in [0.25, 0.3) is 0 Å². The first-order valence-corrected chi connectivity index (χ1v) is 10.1. The molecule has 0 aliphatic heterocycles. The number of nitrogens with zero attached hydrogens (tertiary/aromatic N) is 1.